The Kier molecular flexibility index (Phi) is 4.63. The van der Waals surface area contributed by atoms with E-state index < -0.39 is 10.0 Å². The maximum atomic E-state index is 12.7. The first kappa shape index (κ1) is 16.3. The second kappa shape index (κ2) is 6.52. The third kappa shape index (κ3) is 3.37. The SMILES string of the molecule is COCC1(CNS(=O)(=O)c2cccc3cccnc23)CCCN1. The van der Waals surface area contributed by atoms with Crippen LogP contribution in [-0.4, -0.2) is 45.7 Å². The number of hydrogen-bond acceptors (Lipinski definition) is 5. The summed E-state index contributed by atoms with van der Waals surface area (Å²) in [6.07, 6.45) is 3.50. The molecule has 2 N–H and O–H groups in total. The monoisotopic (exact) mass is 335 g/mol. The Morgan fingerprint density at radius 1 is 1.35 bits per heavy atom. The van der Waals surface area contributed by atoms with Crippen LogP contribution < -0.4 is 10.0 Å². The number of pyridine rings is 1. The van der Waals surface area contributed by atoms with Gasteiger partial charge in [0.25, 0.3) is 0 Å². The van der Waals surface area contributed by atoms with Gasteiger partial charge in [0.15, 0.2) is 0 Å². The van der Waals surface area contributed by atoms with Crippen molar-refractivity contribution in [3.63, 3.8) is 0 Å². The van der Waals surface area contributed by atoms with Gasteiger partial charge in [-0.05, 0) is 31.5 Å². The molecule has 0 aliphatic carbocycles. The molecule has 0 amide bonds. The van der Waals surface area contributed by atoms with Crippen molar-refractivity contribution in [1.82, 2.24) is 15.0 Å². The van der Waals surface area contributed by atoms with Gasteiger partial charge in [0.2, 0.25) is 10.0 Å². The first-order chi connectivity index (χ1) is 11.1. The summed E-state index contributed by atoms with van der Waals surface area (Å²) < 4.78 is 33.4. The summed E-state index contributed by atoms with van der Waals surface area (Å²) in [5.74, 6) is 0. The van der Waals surface area contributed by atoms with E-state index in [1.54, 1.807) is 31.5 Å². The van der Waals surface area contributed by atoms with E-state index in [1.165, 1.54) is 0 Å². The van der Waals surface area contributed by atoms with Crippen molar-refractivity contribution < 1.29 is 13.2 Å². The van der Waals surface area contributed by atoms with Crippen LogP contribution in [0.25, 0.3) is 10.9 Å². The molecule has 124 valence electrons. The summed E-state index contributed by atoms with van der Waals surface area (Å²) >= 11 is 0. The van der Waals surface area contributed by atoms with Crippen LogP contribution in [0, 0.1) is 0 Å². The number of sulfonamides is 1. The third-order valence-corrected chi connectivity index (χ3v) is 5.67. The Labute approximate surface area is 136 Å². The molecule has 0 saturated carbocycles. The van der Waals surface area contributed by atoms with Crippen LogP contribution >= 0.6 is 0 Å². The molecule has 3 rings (SSSR count). The van der Waals surface area contributed by atoms with Gasteiger partial charge in [0, 0.05) is 25.2 Å². The quantitative estimate of drug-likeness (QED) is 0.831. The van der Waals surface area contributed by atoms with Gasteiger partial charge < -0.3 is 10.1 Å². The van der Waals surface area contributed by atoms with Gasteiger partial charge in [-0.15, -0.1) is 0 Å². The van der Waals surface area contributed by atoms with Crippen LogP contribution in [0.5, 0.6) is 0 Å². The molecule has 2 aromatic rings. The van der Waals surface area contributed by atoms with Crippen molar-refractivity contribution in [1.29, 1.82) is 0 Å². The molecule has 1 atom stereocenters. The summed E-state index contributed by atoms with van der Waals surface area (Å²) in [6.45, 7) is 1.65. The molecule has 2 heterocycles. The smallest absolute Gasteiger partial charge is 0.242 e. The second-order valence-electron chi connectivity index (χ2n) is 5.90. The van der Waals surface area contributed by atoms with E-state index in [0.717, 1.165) is 24.8 Å². The Balaban J connectivity index is 1.86. The molecule has 1 aromatic carbocycles. The highest BCUT2D eigenvalue weighted by Gasteiger charge is 2.35. The van der Waals surface area contributed by atoms with Gasteiger partial charge >= 0.3 is 0 Å². The summed E-state index contributed by atoms with van der Waals surface area (Å²) in [4.78, 5) is 4.43. The minimum absolute atomic E-state index is 0.209. The van der Waals surface area contributed by atoms with Crippen molar-refractivity contribution in [2.24, 2.45) is 0 Å². The lowest BCUT2D eigenvalue weighted by atomic mass is 9.99. The number of rotatable bonds is 6. The molecule has 1 fully saturated rings. The fourth-order valence-corrected chi connectivity index (χ4v) is 4.38. The summed E-state index contributed by atoms with van der Waals surface area (Å²) in [6, 6.07) is 8.82. The van der Waals surface area contributed by atoms with Crippen LogP contribution in [0.15, 0.2) is 41.4 Å². The molecule has 1 aliphatic rings. The second-order valence-corrected chi connectivity index (χ2v) is 7.63. The normalized spacial score (nSPS) is 21.8. The van der Waals surface area contributed by atoms with Crippen molar-refractivity contribution in [2.45, 2.75) is 23.3 Å². The van der Waals surface area contributed by atoms with E-state index in [1.807, 2.05) is 12.1 Å². The number of ether oxygens (including phenoxy) is 1. The lowest BCUT2D eigenvalue weighted by Gasteiger charge is -2.28. The number of nitrogens with zero attached hydrogens (tertiary/aromatic N) is 1. The first-order valence-corrected chi connectivity index (χ1v) is 9.12. The molecule has 0 radical (unpaired) electrons. The minimum atomic E-state index is -3.64. The number of nitrogens with one attached hydrogen (secondary N) is 2. The number of para-hydroxylation sites is 1. The van der Waals surface area contributed by atoms with Gasteiger partial charge in [0.05, 0.1) is 17.7 Å². The summed E-state index contributed by atoms with van der Waals surface area (Å²) in [7, 11) is -2.01. The van der Waals surface area contributed by atoms with E-state index in [9.17, 15) is 8.42 Å². The van der Waals surface area contributed by atoms with E-state index in [0.29, 0.717) is 18.7 Å². The standard InChI is InChI=1S/C16H21N3O3S/c1-22-12-16(8-4-10-18-16)11-19-23(20,21)14-7-2-5-13-6-3-9-17-15(13)14/h2-3,5-7,9,18-19H,4,8,10-12H2,1H3. The molecule has 0 bridgehead atoms. The Hall–Kier alpha value is -1.54. The molecular formula is C16H21N3O3S. The van der Waals surface area contributed by atoms with Crippen LogP contribution in [0.3, 0.4) is 0 Å². The van der Waals surface area contributed by atoms with Gasteiger partial charge in [-0.3, -0.25) is 4.98 Å². The number of aromatic nitrogens is 1. The molecule has 0 spiro atoms. The van der Waals surface area contributed by atoms with Gasteiger partial charge in [-0.2, -0.15) is 0 Å². The fraction of sp³-hybridized carbons (Fsp3) is 0.438. The maximum Gasteiger partial charge on any atom is 0.242 e. The van der Waals surface area contributed by atoms with Gasteiger partial charge in [-0.25, -0.2) is 13.1 Å². The van der Waals surface area contributed by atoms with Crippen molar-refractivity contribution in [3.8, 4) is 0 Å². The highest BCUT2D eigenvalue weighted by molar-refractivity contribution is 7.89. The van der Waals surface area contributed by atoms with E-state index in [-0.39, 0.29) is 10.4 Å². The van der Waals surface area contributed by atoms with Crippen LogP contribution in [-0.2, 0) is 14.8 Å². The highest BCUT2D eigenvalue weighted by atomic mass is 32.2. The molecule has 1 unspecified atom stereocenters. The van der Waals surface area contributed by atoms with Gasteiger partial charge in [0.1, 0.15) is 4.90 Å². The number of hydrogen-bond donors (Lipinski definition) is 2. The lowest BCUT2D eigenvalue weighted by Crippen LogP contribution is -2.52. The van der Waals surface area contributed by atoms with Crippen molar-refractivity contribution in [3.05, 3.63) is 36.5 Å². The predicted molar refractivity (Wildman–Crippen MR) is 88.8 cm³/mol. The third-order valence-electron chi connectivity index (χ3n) is 4.24. The first-order valence-electron chi connectivity index (χ1n) is 7.64. The number of fused-ring (bicyclic) bond motifs is 1. The zero-order valence-electron chi connectivity index (χ0n) is 13.1. The van der Waals surface area contributed by atoms with E-state index in [2.05, 4.69) is 15.0 Å². The van der Waals surface area contributed by atoms with E-state index in [4.69, 9.17) is 4.74 Å². The van der Waals surface area contributed by atoms with Gasteiger partial charge in [-0.1, -0.05) is 18.2 Å². The number of methoxy groups -OCH3 is 1. The molecule has 1 aliphatic heterocycles. The predicted octanol–water partition coefficient (Wildman–Crippen LogP) is 1.28. The minimum Gasteiger partial charge on any atom is -0.383 e. The van der Waals surface area contributed by atoms with Crippen LogP contribution in [0.2, 0.25) is 0 Å². The van der Waals surface area contributed by atoms with E-state index >= 15 is 0 Å². The fourth-order valence-electron chi connectivity index (χ4n) is 3.07. The van der Waals surface area contributed by atoms with Crippen LogP contribution in [0.4, 0.5) is 0 Å². The molecule has 1 aromatic heterocycles. The average Bonchev–Trinajstić information content (AvgIpc) is 3.02. The number of benzene rings is 1. The van der Waals surface area contributed by atoms with Crippen molar-refractivity contribution >= 4 is 20.9 Å². The van der Waals surface area contributed by atoms with Crippen molar-refractivity contribution in [2.75, 3.05) is 26.8 Å². The molecule has 1 saturated heterocycles. The molecule has 7 heteroatoms. The average molecular weight is 335 g/mol. The maximum absolute atomic E-state index is 12.7. The largest absolute Gasteiger partial charge is 0.383 e. The highest BCUT2D eigenvalue weighted by Crippen LogP contribution is 2.23. The Bertz CT molecular complexity index is 781. The summed E-state index contributed by atoms with van der Waals surface area (Å²) in [5.41, 5.74) is 0.155. The zero-order valence-corrected chi connectivity index (χ0v) is 13.9. The lowest BCUT2D eigenvalue weighted by molar-refractivity contribution is 0.122. The molecule has 23 heavy (non-hydrogen) atoms. The molecule has 6 nitrogen and oxygen atoms in total. The van der Waals surface area contributed by atoms with Crippen LogP contribution in [0.1, 0.15) is 12.8 Å². The molecular weight excluding hydrogens is 314 g/mol. The zero-order chi connectivity index (χ0) is 16.3. The topological polar surface area (TPSA) is 80.3 Å². The Morgan fingerprint density at radius 3 is 2.91 bits per heavy atom. The summed E-state index contributed by atoms with van der Waals surface area (Å²) in [5, 5.41) is 4.17. The Morgan fingerprint density at radius 2 is 2.17 bits per heavy atom.